The monoisotopic (exact) mass is 254 g/mol. The van der Waals surface area contributed by atoms with Crippen LogP contribution < -0.4 is 5.32 Å². The van der Waals surface area contributed by atoms with Crippen LogP contribution in [-0.2, 0) is 13.1 Å². The molecule has 4 heteroatoms. The van der Waals surface area contributed by atoms with Gasteiger partial charge in [0.1, 0.15) is 0 Å². The van der Waals surface area contributed by atoms with Gasteiger partial charge in [-0.1, -0.05) is 13.0 Å². The minimum Gasteiger partial charge on any atom is -0.381 e. The predicted octanol–water partition coefficient (Wildman–Crippen LogP) is 3.09. The van der Waals surface area contributed by atoms with Crippen molar-refractivity contribution in [2.45, 2.75) is 33.4 Å². The molecule has 0 amide bonds. The van der Waals surface area contributed by atoms with Gasteiger partial charge in [0.15, 0.2) is 0 Å². The van der Waals surface area contributed by atoms with E-state index in [1.165, 1.54) is 0 Å². The fourth-order valence-electron chi connectivity index (χ4n) is 1.93. The highest BCUT2D eigenvalue weighted by molar-refractivity contribution is 5.55. The summed E-state index contributed by atoms with van der Waals surface area (Å²) in [5.41, 5.74) is 3.97. The van der Waals surface area contributed by atoms with E-state index in [0.717, 1.165) is 36.3 Å². The van der Waals surface area contributed by atoms with Crippen molar-refractivity contribution in [3.8, 4) is 6.07 Å². The molecule has 98 valence electrons. The van der Waals surface area contributed by atoms with Gasteiger partial charge in [0, 0.05) is 30.5 Å². The Balaban J connectivity index is 2.03. The Hall–Kier alpha value is -2.28. The lowest BCUT2D eigenvalue weighted by Gasteiger charge is -2.08. The molecule has 0 aliphatic heterocycles. The lowest BCUT2D eigenvalue weighted by Crippen LogP contribution is -2.01. The molecule has 1 aromatic carbocycles. The number of rotatable bonds is 5. The lowest BCUT2D eigenvalue weighted by molar-refractivity contribution is 0.602. The third-order valence-electron chi connectivity index (χ3n) is 2.99. The third kappa shape index (κ3) is 3.35. The molecule has 0 saturated carbocycles. The fraction of sp³-hybridized carbons (Fsp3) is 0.333. The molecule has 0 fully saturated rings. The maximum atomic E-state index is 8.91. The zero-order chi connectivity index (χ0) is 13.7. The van der Waals surface area contributed by atoms with E-state index in [9.17, 15) is 0 Å². The van der Waals surface area contributed by atoms with Crippen molar-refractivity contribution >= 4 is 5.69 Å². The SMILES string of the molecule is CCCn1cc(CNc2cc(C#N)ccc2C)cn1. The van der Waals surface area contributed by atoms with Crippen LogP contribution >= 0.6 is 0 Å². The normalized spacial score (nSPS) is 10.2. The maximum absolute atomic E-state index is 8.91. The molecule has 2 aromatic rings. The summed E-state index contributed by atoms with van der Waals surface area (Å²) in [5, 5.41) is 16.6. The first-order valence-electron chi connectivity index (χ1n) is 6.49. The molecule has 0 bridgehead atoms. The van der Waals surface area contributed by atoms with Crippen LogP contribution in [0.4, 0.5) is 5.69 Å². The quantitative estimate of drug-likeness (QED) is 0.892. The molecular weight excluding hydrogens is 236 g/mol. The van der Waals surface area contributed by atoms with Gasteiger partial charge >= 0.3 is 0 Å². The first-order chi connectivity index (χ1) is 9.22. The lowest BCUT2D eigenvalue weighted by atomic mass is 10.1. The van der Waals surface area contributed by atoms with Crippen LogP contribution in [0.15, 0.2) is 30.6 Å². The van der Waals surface area contributed by atoms with E-state index < -0.39 is 0 Å². The minimum absolute atomic E-state index is 0.676. The summed E-state index contributed by atoms with van der Waals surface area (Å²) < 4.78 is 1.95. The van der Waals surface area contributed by atoms with E-state index >= 15 is 0 Å². The largest absolute Gasteiger partial charge is 0.381 e. The van der Waals surface area contributed by atoms with Crippen molar-refractivity contribution in [3.05, 3.63) is 47.3 Å². The van der Waals surface area contributed by atoms with E-state index in [2.05, 4.69) is 29.6 Å². The Morgan fingerprint density at radius 3 is 3.00 bits per heavy atom. The Morgan fingerprint density at radius 2 is 2.26 bits per heavy atom. The number of nitrogens with zero attached hydrogens (tertiary/aromatic N) is 3. The van der Waals surface area contributed by atoms with Crippen LogP contribution in [0.25, 0.3) is 0 Å². The average molecular weight is 254 g/mol. The number of anilines is 1. The molecule has 19 heavy (non-hydrogen) atoms. The summed E-state index contributed by atoms with van der Waals surface area (Å²) in [7, 11) is 0. The molecule has 1 aromatic heterocycles. The summed E-state index contributed by atoms with van der Waals surface area (Å²) in [5.74, 6) is 0. The van der Waals surface area contributed by atoms with Gasteiger partial charge in [-0.2, -0.15) is 10.4 Å². The summed E-state index contributed by atoms with van der Waals surface area (Å²) >= 11 is 0. The summed E-state index contributed by atoms with van der Waals surface area (Å²) in [4.78, 5) is 0. The second kappa shape index (κ2) is 6.05. The molecule has 0 atom stereocenters. The van der Waals surface area contributed by atoms with E-state index in [0.29, 0.717) is 5.56 Å². The van der Waals surface area contributed by atoms with Gasteiger partial charge in [-0.15, -0.1) is 0 Å². The van der Waals surface area contributed by atoms with E-state index in [-0.39, 0.29) is 0 Å². The van der Waals surface area contributed by atoms with Crippen molar-refractivity contribution in [2.75, 3.05) is 5.32 Å². The van der Waals surface area contributed by atoms with Crippen LogP contribution in [0.2, 0.25) is 0 Å². The van der Waals surface area contributed by atoms with Crippen LogP contribution in [0.1, 0.15) is 30.0 Å². The maximum Gasteiger partial charge on any atom is 0.0992 e. The van der Waals surface area contributed by atoms with E-state index in [1.807, 2.05) is 36.0 Å². The van der Waals surface area contributed by atoms with Gasteiger partial charge in [-0.05, 0) is 31.0 Å². The first-order valence-corrected chi connectivity index (χ1v) is 6.49. The van der Waals surface area contributed by atoms with Crippen molar-refractivity contribution in [3.63, 3.8) is 0 Å². The average Bonchev–Trinajstić information content (AvgIpc) is 2.86. The topological polar surface area (TPSA) is 53.6 Å². The van der Waals surface area contributed by atoms with Crippen molar-refractivity contribution < 1.29 is 0 Å². The Bertz CT molecular complexity index is 592. The molecule has 0 saturated heterocycles. The second-order valence-electron chi connectivity index (χ2n) is 4.61. The van der Waals surface area contributed by atoms with Crippen LogP contribution in [0, 0.1) is 18.3 Å². The molecule has 0 aliphatic rings. The summed E-state index contributed by atoms with van der Waals surface area (Å²) in [6.45, 7) is 5.84. The highest BCUT2D eigenvalue weighted by Gasteiger charge is 2.02. The number of hydrogen-bond acceptors (Lipinski definition) is 3. The number of benzene rings is 1. The number of aryl methyl sites for hydroxylation is 2. The van der Waals surface area contributed by atoms with Crippen molar-refractivity contribution in [1.29, 1.82) is 5.26 Å². The molecule has 0 aliphatic carbocycles. The van der Waals surface area contributed by atoms with Crippen molar-refractivity contribution in [1.82, 2.24) is 9.78 Å². The standard InChI is InChI=1S/C15H18N4/c1-3-6-19-11-14(10-18-19)9-17-15-7-13(8-16)5-4-12(15)2/h4-5,7,10-11,17H,3,6,9H2,1-2H3. The third-order valence-corrected chi connectivity index (χ3v) is 2.99. The van der Waals surface area contributed by atoms with E-state index in [4.69, 9.17) is 5.26 Å². The zero-order valence-electron chi connectivity index (χ0n) is 11.3. The van der Waals surface area contributed by atoms with Gasteiger partial charge < -0.3 is 5.32 Å². The second-order valence-corrected chi connectivity index (χ2v) is 4.61. The molecule has 0 unspecified atom stereocenters. The van der Waals surface area contributed by atoms with Crippen LogP contribution in [-0.4, -0.2) is 9.78 Å². The first kappa shape index (κ1) is 13.2. The number of hydrogen-bond donors (Lipinski definition) is 1. The van der Waals surface area contributed by atoms with Gasteiger partial charge in [0.25, 0.3) is 0 Å². The minimum atomic E-state index is 0.676. The Labute approximate surface area is 113 Å². The number of nitrogens with one attached hydrogen (secondary N) is 1. The van der Waals surface area contributed by atoms with Crippen LogP contribution in [0.3, 0.4) is 0 Å². The van der Waals surface area contributed by atoms with E-state index in [1.54, 1.807) is 0 Å². The molecule has 0 spiro atoms. The van der Waals surface area contributed by atoms with Gasteiger partial charge in [0.2, 0.25) is 0 Å². The Kier molecular flexibility index (Phi) is 4.19. The van der Waals surface area contributed by atoms with Gasteiger partial charge in [-0.25, -0.2) is 0 Å². The predicted molar refractivity (Wildman–Crippen MR) is 75.7 cm³/mol. The number of nitriles is 1. The number of aromatic nitrogens is 2. The van der Waals surface area contributed by atoms with Crippen LogP contribution in [0.5, 0.6) is 0 Å². The Morgan fingerprint density at radius 1 is 1.42 bits per heavy atom. The molecule has 1 heterocycles. The molecule has 1 N–H and O–H groups in total. The molecular formula is C15H18N4. The van der Waals surface area contributed by atoms with Gasteiger partial charge in [0.05, 0.1) is 17.8 Å². The summed E-state index contributed by atoms with van der Waals surface area (Å²) in [6.07, 6.45) is 5.02. The van der Waals surface area contributed by atoms with Crippen molar-refractivity contribution in [2.24, 2.45) is 0 Å². The highest BCUT2D eigenvalue weighted by Crippen LogP contribution is 2.17. The highest BCUT2D eigenvalue weighted by atomic mass is 15.3. The smallest absolute Gasteiger partial charge is 0.0992 e. The fourth-order valence-corrected chi connectivity index (χ4v) is 1.93. The molecule has 0 radical (unpaired) electrons. The van der Waals surface area contributed by atoms with Gasteiger partial charge in [-0.3, -0.25) is 4.68 Å². The summed E-state index contributed by atoms with van der Waals surface area (Å²) in [6, 6.07) is 7.83. The molecule has 4 nitrogen and oxygen atoms in total. The zero-order valence-corrected chi connectivity index (χ0v) is 11.3. The molecule has 2 rings (SSSR count).